The maximum Gasteiger partial charge on any atom is 0.316 e. The van der Waals surface area contributed by atoms with Crippen molar-refractivity contribution in [3.63, 3.8) is 0 Å². The van der Waals surface area contributed by atoms with E-state index in [0.29, 0.717) is 22.9 Å². The van der Waals surface area contributed by atoms with Gasteiger partial charge < -0.3 is 11.1 Å². The molecule has 0 saturated heterocycles. The molecule has 0 unspecified atom stereocenters. The standard InChI is InChI=1S/C13H12N6O/c1-8-16-17-12-7-6-11(18-19(8)12)9-4-2-3-5-10(9)15-13(14)20/h2-7H,1H3,(H3,14,15,20). The summed E-state index contributed by atoms with van der Waals surface area (Å²) in [5, 5.41) is 15.0. The molecule has 0 fully saturated rings. The van der Waals surface area contributed by atoms with E-state index >= 15 is 0 Å². The predicted molar refractivity (Wildman–Crippen MR) is 74.2 cm³/mol. The van der Waals surface area contributed by atoms with Gasteiger partial charge in [-0.2, -0.15) is 9.61 Å². The number of para-hydroxylation sites is 1. The monoisotopic (exact) mass is 268 g/mol. The Morgan fingerprint density at radius 2 is 2.00 bits per heavy atom. The van der Waals surface area contributed by atoms with Crippen LogP contribution in [0, 0.1) is 6.92 Å². The number of hydrogen-bond donors (Lipinski definition) is 2. The zero-order chi connectivity index (χ0) is 14.1. The molecule has 0 aliphatic rings. The van der Waals surface area contributed by atoms with Gasteiger partial charge in [0.15, 0.2) is 11.5 Å². The topological polar surface area (TPSA) is 98.2 Å². The molecule has 0 aliphatic carbocycles. The fraction of sp³-hybridized carbons (Fsp3) is 0.0769. The van der Waals surface area contributed by atoms with Crippen LogP contribution in [-0.2, 0) is 0 Å². The van der Waals surface area contributed by atoms with E-state index in [4.69, 9.17) is 5.73 Å². The summed E-state index contributed by atoms with van der Waals surface area (Å²) >= 11 is 0. The minimum absolute atomic E-state index is 0.609. The van der Waals surface area contributed by atoms with Crippen LogP contribution in [0.25, 0.3) is 16.9 Å². The van der Waals surface area contributed by atoms with E-state index in [0.717, 1.165) is 5.56 Å². The number of benzene rings is 1. The zero-order valence-corrected chi connectivity index (χ0v) is 10.7. The van der Waals surface area contributed by atoms with Gasteiger partial charge in [-0.1, -0.05) is 18.2 Å². The predicted octanol–water partition coefficient (Wildman–Crippen LogP) is 1.59. The van der Waals surface area contributed by atoms with Crippen molar-refractivity contribution in [3.8, 4) is 11.3 Å². The second-order valence-electron chi connectivity index (χ2n) is 4.27. The number of amides is 2. The fourth-order valence-corrected chi connectivity index (χ4v) is 1.99. The lowest BCUT2D eigenvalue weighted by atomic mass is 10.1. The molecule has 2 heterocycles. The number of nitrogens with two attached hydrogens (primary N) is 1. The third-order valence-electron chi connectivity index (χ3n) is 2.88. The molecule has 20 heavy (non-hydrogen) atoms. The highest BCUT2D eigenvalue weighted by atomic mass is 16.2. The van der Waals surface area contributed by atoms with Crippen molar-refractivity contribution in [3.05, 3.63) is 42.2 Å². The van der Waals surface area contributed by atoms with Crippen molar-refractivity contribution < 1.29 is 4.79 Å². The van der Waals surface area contributed by atoms with Crippen LogP contribution in [0.1, 0.15) is 5.82 Å². The average Bonchev–Trinajstić information content (AvgIpc) is 2.80. The number of aryl methyl sites for hydroxylation is 1. The molecule has 2 amide bonds. The first-order chi connectivity index (χ1) is 9.65. The van der Waals surface area contributed by atoms with Crippen LogP contribution >= 0.6 is 0 Å². The van der Waals surface area contributed by atoms with Gasteiger partial charge in [-0.15, -0.1) is 10.2 Å². The molecule has 100 valence electrons. The molecule has 3 N–H and O–H groups in total. The van der Waals surface area contributed by atoms with Crippen LogP contribution in [0.3, 0.4) is 0 Å². The second-order valence-corrected chi connectivity index (χ2v) is 4.27. The number of nitrogens with one attached hydrogen (secondary N) is 1. The summed E-state index contributed by atoms with van der Waals surface area (Å²) < 4.78 is 1.65. The zero-order valence-electron chi connectivity index (χ0n) is 10.7. The van der Waals surface area contributed by atoms with Crippen LogP contribution in [0.4, 0.5) is 10.5 Å². The average molecular weight is 268 g/mol. The molecule has 7 nitrogen and oxygen atoms in total. The van der Waals surface area contributed by atoms with Gasteiger partial charge in [-0.05, 0) is 25.1 Å². The molecular formula is C13H12N6O. The third kappa shape index (κ3) is 2.05. The third-order valence-corrected chi connectivity index (χ3v) is 2.88. The number of primary amides is 1. The van der Waals surface area contributed by atoms with Gasteiger partial charge in [-0.25, -0.2) is 4.79 Å². The smallest absolute Gasteiger partial charge is 0.316 e. The van der Waals surface area contributed by atoms with Gasteiger partial charge in [0.1, 0.15) is 0 Å². The number of hydrogen-bond acceptors (Lipinski definition) is 4. The lowest BCUT2D eigenvalue weighted by Crippen LogP contribution is -2.19. The first-order valence-electron chi connectivity index (χ1n) is 6.00. The molecular weight excluding hydrogens is 256 g/mol. The van der Waals surface area contributed by atoms with Crippen molar-refractivity contribution >= 4 is 17.4 Å². The van der Waals surface area contributed by atoms with E-state index in [-0.39, 0.29) is 0 Å². The van der Waals surface area contributed by atoms with Crippen molar-refractivity contribution in [2.24, 2.45) is 5.73 Å². The lowest BCUT2D eigenvalue weighted by Gasteiger charge is -2.09. The minimum atomic E-state index is -0.612. The Bertz CT molecular complexity index is 794. The van der Waals surface area contributed by atoms with Gasteiger partial charge in [0.05, 0.1) is 11.4 Å². The molecule has 3 rings (SSSR count). The number of rotatable bonds is 2. The van der Waals surface area contributed by atoms with Crippen molar-refractivity contribution in [1.82, 2.24) is 19.8 Å². The number of carbonyl (C=O) groups is 1. The first kappa shape index (κ1) is 12.1. The summed E-state index contributed by atoms with van der Waals surface area (Å²) in [5.74, 6) is 0.696. The number of aromatic nitrogens is 4. The lowest BCUT2D eigenvalue weighted by molar-refractivity contribution is 0.259. The number of anilines is 1. The summed E-state index contributed by atoms with van der Waals surface area (Å²) in [6.07, 6.45) is 0. The Hall–Kier alpha value is -2.96. The highest BCUT2D eigenvalue weighted by molar-refractivity contribution is 5.92. The second kappa shape index (κ2) is 4.61. The van der Waals surface area contributed by atoms with Gasteiger partial charge in [0, 0.05) is 5.56 Å². The van der Waals surface area contributed by atoms with Crippen LogP contribution in [0.2, 0.25) is 0 Å². The molecule has 0 spiro atoms. The maximum absolute atomic E-state index is 11.0. The van der Waals surface area contributed by atoms with Gasteiger partial charge in [-0.3, -0.25) is 0 Å². The van der Waals surface area contributed by atoms with E-state index in [2.05, 4.69) is 20.6 Å². The van der Waals surface area contributed by atoms with Crippen LogP contribution in [0.5, 0.6) is 0 Å². The van der Waals surface area contributed by atoms with Gasteiger partial charge >= 0.3 is 6.03 Å². The van der Waals surface area contributed by atoms with E-state index in [1.807, 2.05) is 37.3 Å². The van der Waals surface area contributed by atoms with Gasteiger partial charge in [0.2, 0.25) is 0 Å². The first-order valence-corrected chi connectivity index (χ1v) is 6.00. The number of urea groups is 1. The van der Waals surface area contributed by atoms with E-state index in [9.17, 15) is 4.79 Å². The fourth-order valence-electron chi connectivity index (χ4n) is 1.99. The van der Waals surface area contributed by atoms with Crippen molar-refractivity contribution in [2.75, 3.05) is 5.32 Å². The Labute approximate surface area is 114 Å². The minimum Gasteiger partial charge on any atom is -0.351 e. The number of carbonyl (C=O) groups excluding carboxylic acids is 1. The summed E-state index contributed by atoms with van der Waals surface area (Å²) in [7, 11) is 0. The normalized spacial score (nSPS) is 10.7. The largest absolute Gasteiger partial charge is 0.351 e. The van der Waals surface area contributed by atoms with Crippen molar-refractivity contribution in [1.29, 1.82) is 0 Å². The molecule has 0 bridgehead atoms. The van der Waals surface area contributed by atoms with Crippen molar-refractivity contribution in [2.45, 2.75) is 6.92 Å². The molecule has 0 aliphatic heterocycles. The van der Waals surface area contributed by atoms with Crippen LogP contribution in [-0.4, -0.2) is 25.8 Å². The van der Waals surface area contributed by atoms with Crippen LogP contribution in [0.15, 0.2) is 36.4 Å². The summed E-state index contributed by atoms with van der Waals surface area (Å²) in [6.45, 7) is 1.82. The van der Waals surface area contributed by atoms with Crippen LogP contribution < -0.4 is 11.1 Å². The highest BCUT2D eigenvalue weighted by Gasteiger charge is 2.10. The Kier molecular flexibility index (Phi) is 2.79. The SMILES string of the molecule is Cc1nnc2ccc(-c3ccccc3NC(N)=O)nn12. The molecule has 0 saturated carbocycles. The van der Waals surface area contributed by atoms with E-state index in [1.165, 1.54) is 0 Å². The van der Waals surface area contributed by atoms with E-state index in [1.54, 1.807) is 10.6 Å². The Balaban J connectivity index is 2.15. The Morgan fingerprint density at radius 1 is 1.20 bits per heavy atom. The number of nitrogens with zero attached hydrogens (tertiary/aromatic N) is 4. The Morgan fingerprint density at radius 3 is 2.80 bits per heavy atom. The molecule has 1 aromatic carbocycles. The quantitative estimate of drug-likeness (QED) is 0.737. The molecule has 0 atom stereocenters. The van der Waals surface area contributed by atoms with E-state index < -0.39 is 6.03 Å². The highest BCUT2D eigenvalue weighted by Crippen LogP contribution is 2.26. The summed E-state index contributed by atoms with van der Waals surface area (Å²) in [6, 6.07) is 10.3. The summed E-state index contributed by atoms with van der Waals surface area (Å²) in [4.78, 5) is 11.0. The molecule has 0 radical (unpaired) electrons. The molecule has 3 aromatic rings. The number of fused-ring (bicyclic) bond motifs is 1. The van der Waals surface area contributed by atoms with Gasteiger partial charge in [0.25, 0.3) is 0 Å². The maximum atomic E-state index is 11.0. The molecule has 7 heteroatoms. The molecule has 2 aromatic heterocycles. The summed E-state index contributed by atoms with van der Waals surface area (Å²) in [5.41, 5.74) is 7.93.